The first-order valence-corrected chi connectivity index (χ1v) is 6.90. The van der Waals surface area contributed by atoms with Crippen LogP contribution in [-0.2, 0) is 6.42 Å². The molecule has 0 saturated carbocycles. The van der Waals surface area contributed by atoms with Gasteiger partial charge in [0.05, 0.1) is 17.6 Å². The smallest absolute Gasteiger partial charge is 0.269 e. The molecule has 7 heteroatoms. The minimum absolute atomic E-state index is 0.0269. The number of aromatic hydroxyl groups is 1. The number of hydrogen-bond donors (Lipinski definition) is 2. The maximum Gasteiger partial charge on any atom is 0.269 e. The Labute approximate surface area is 132 Å². The first-order chi connectivity index (χ1) is 11.0. The first kappa shape index (κ1) is 16.3. The lowest BCUT2D eigenvalue weighted by atomic mass is 10.1. The largest absolute Gasteiger partial charge is 0.507 e. The minimum Gasteiger partial charge on any atom is -0.507 e. The molecule has 0 spiro atoms. The number of phenols is 1. The van der Waals surface area contributed by atoms with Crippen molar-refractivity contribution in [1.82, 2.24) is 5.32 Å². The summed E-state index contributed by atoms with van der Waals surface area (Å²) in [5, 5.41) is 23.0. The summed E-state index contributed by atoms with van der Waals surface area (Å²) in [5.41, 5.74) is 1.03. The number of nitro groups is 1. The van der Waals surface area contributed by atoms with Gasteiger partial charge in [0.1, 0.15) is 11.5 Å². The number of ether oxygens (including phenoxy) is 1. The standard InChI is InChI=1S/C16H16N2O5/c1-23-13-6-7-15(19)14(10-13)16(20)17-9-8-11-2-4-12(5-3-11)18(21)22/h2-7,10,19H,8-9H2,1H3,(H,17,20). The van der Waals surface area contributed by atoms with Crippen molar-refractivity contribution >= 4 is 11.6 Å². The summed E-state index contributed by atoms with van der Waals surface area (Å²) in [6.07, 6.45) is 0.522. The molecule has 0 aliphatic rings. The fraction of sp³-hybridized carbons (Fsp3) is 0.188. The van der Waals surface area contributed by atoms with E-state index in [-0.39, 0.29) is 17.0 Å². The van der Waals surface area contributed by atoms with Gasteiger partial charge < -0.3 is 15.2 Å². The third-order valence-corrected chi connectivity index (χ3v) is 3.29. The fourth-order valence-corrected chi connectivity index (χ4v) is 2.02. The van der Waals surface area contributed by atoms with Crippen molar-refractivity contribution in [3.8, 4) is 11.5 Å². The number of rotatable bonds is 6. The molecule has 7 nitrogen and oxygen atoms in total. The first-order valence-electron chi connectivity index (χ1n) is 6.90. The highest BCUT2D eigenvalue weighted by atomic mass is 16.6. The van der Waals surface area contributed by atoms with Gasteiger partial charge in [-0.3, -0.25) is 14.9 Å². The van der Waals surface area contributed by atoms with E-state index in [1.807, 2.05) is 0 Å². The van der Waals surface area contributed by atoms with Crippen molar-refractivity contribution in [2.24, 2.45) is 0 Å². The monoisotopic (exact) mass is 316 g/mol. The number of nitrogens with zero attached hydrogens (tertiary/aromatic N) is 1. The molecular weight excluding hydrogens is 300 g/mol. The number of hydrogen-bond acceptors (Lipinski definition) is 5. The normalized spacial score (nSPS) is 10.1. The Bertz CT molecular complexity index is 713. The summed E-state index contributed by atoms with van der Waals surface area (Å²) in [6.45, 7) is 0.341. The van der Waals surface area contributed by atoms with Gasteiger partial charge in [-0.25, -0.2) is 0 Å². The lowest BCUT2D eigenvalue weighted by Gasteiger charge is -2.08. The van der Waals surface area contributed by atoms with Crippen LogP contribution in [-0.4, -0.2) is 29.6 Å². The van der Waals surface area contributed by atoms with E-state index in [1.165, 1.54) is 31.4 Å². The zero-order valence-corrected chi connectivity index (χ0v) is 12.5. The summed E-state index contributed by atoms with van der Waals surface area (Å²) in [5.74, 6) is -0.0646. The van der Waals surface area contributed by atoms with Crippen LogP contribution in [0.3, 0.4) is 0 Å². The highest BCUT2D eigenvalue weighted by molar-refractivity contribution is 5.97. The van der Waals surface area contributed by atoms with Gasteiger partial charge in [-0.15, -0.1) is 0 Å². The lowest BCUT2D eigenvalue weighted by molar-refractivity contribution is -0.384. The van der Waals surface area contributed by atoms with E-state index < -0.39 is 10.8 Å². The average molecular weight is 316 g/mol. The number of nitro benzene ring substituents is 1. The number of phenolic OH excluding ortho intramolecular Hbond substituents is 1. The SMILES string of the molecule is COc1ccc(O)c(C(=O)NCCc2ccc([N+](=O)[O-])cc2)c1. The van der Waals surface area contributed by atoms with Crippen molar-refractivity contribution in [2.45, 2.75) is 6.42 Å². The molecule has 0 fully saturated rings. The molecule has 0 saturated heterocycles. The molecule has 0 aromatic heterocycles. The Morgan fingerprint density at radius 1 is 1.26 bits per heavy atom. The maximum absolute atomic E-state index is 12.1. The quantitative estimate of drug-likeness (QED) is 0.629. The molecule has 0 atom stereocenters. The molecule has 23 heavy (non-hydrogen) atoms. The molecule has 0 aliphatic heterocycles. The molecule has 0 heterocycles. The second-order valence-corrected chi connectivity index (χ2v) is 4.81. The van der Waals surface area contributed by atoms with Gasteiger partial charge in [-0.05, 0) is 30.2 Å². The molecule has 0 unspecified atom stereocenters. The van der Waals surface area contributed by atoms with Crippen LogP contribution in [0.5, 0.6) is 11.5 Å². The molecule has 0 bridgehead atoms. The van der Waals surface area contributed by atoms with E-state index >= 15 is 0 Å². The van der Waals surface area contributed by atoms with E-state index in [0.717, 1.165) is 5.56 Å². The van der Waals surface area contributed by atoms with Crippen LogP contribution in [0.4, 0.5) is 5.69 Å². The lowest BCUT2D eigenvalue weighted by Crippen LogP contribution is -2.25. The Morgan fingerprint density at radius 3 is 2.57 bits per heavy atom. The van der Waals surface area contributed by atoms with Crippen molar-refractivity contribution in [3.05, 3.63) is 63.7 Å². The summed E-state index contributed by atoms with van der Waals surface area (Å²) in [7, 11) is 1.47. The second kappa shape index (κ2) is 7.26. The Balaban J connectivity index is 1.93. The number of methoxy groups -OCH3 is 1. The predicted octanol–water partition coefficient (Wildman–Crippen LogP) is 2.28. The van der Waals surface area contributed by atoms with Crippen LogP contribution in [0, 0.1) is 10.1 Å². The van der Waals surface area contributed by atoms with E-state index in [9.17, 15) is 20.0 Å². The molecule has 2 aromatic carbocycles. The average Bonchev–Trinajstić information content (AvgIpc) is 2.55. The highest BCUT2D eigenvalue weighted by Crippen LogP contribution is 2.22. The van der Waals surface area contributed by atoms with Crippen molar-refractivity contribution in [2.75, 3.05) is 13.7 Å². The van der Waals surface area contributed by atoms with Crippen molar-refractivity contribution in [1.29, 1.82) is 0 Å². The second-order valence-electron chi connectivity index (χ2n) is 4.81. The minimum atomic E-state index is -0.461. The van der Waals surface area contributed by atoms with Crippen LogP contribution < -0.4 is 10.1 Å². The molecule has 120 valence electrons. The number of non-ortho nitro benzene ring substituents is 1. The van der Waals surface area contributed by atoms with Gasteiger partial charge in [-0.2, -0.15) is 0 Å². The van der Waals surface area contributed by atoms with Gasteiger partial charge in [-0.1, -0.05) is 12.1 Å². The summed E-state index contributed by atoms with van der Waals surface area (Å²) >= 11 is 0. The van der Waals surface area contributed by atoms with Crippen LogP contribution in [0.25, 0.3) is 0 Å². The van der Waals surface area contributed by atoms with Gasteiger partial charge >= 0.3 is 0 Å². The Morgan fingerprint density at radius 2 is 1.96 bits per heavy atom. The predicted molar refractivity (Wildman–Crippen MR) is 83.8 cm³/mol. The number of carbonyl (C=O) groups is 1. The van der Waals surface area contributed by atoms with E-state index in [2.05, 4.69) is 5.32 Å². The van der Waals surface area contributed by atoms with E-state index in [4.69, 9.17) is 4.74 Å². The molecule has 0 aliphatic carbocycles. The van der Waals surface area contributed by atoms with Gasteiger partial charge in [0.2, 0.25) is 0 Å². The number of carbonyl (C=O) groups excluding carboxylic acids is 1. The third-order valence-electron chi connectivity index (χ3n) is 3.29. The van der Waals surface area contributed by atoms with Crippen LogP contribution in [0.1, 0.15) is 15.9 Å². The van der Waals surface area contributed by atoms with E-state index in [0.29, 0.717) is 18.7 Å². The number of benzene rings is 2. The summed E-state index contributed by atoms with van der Waals surface area (Å²) in [4.78, 5) is 22.2. The zero-order chi connectivity index (χ0) is 16.8. The van der Waals surface area contributed by atoms with Gasteiger partial charge in [0.25, 0.3) is 11.6 Å². The summed E-state index contributed by atoms with van der Waals surface area (Å²) < 4.78 is 5.02. The molecule has 2 N–H and O–H groups in total. The number of nitrogens with one attached hydrogen (secondary N) is 1. The summed E-state index contributed by atoms with van der Waals surface area (Å²) in [6, 6.07) is 10.5. The van der Waals surface area contributed by atoms with Crippen LogP contribution in [0.15, 0.2) is 42.5 Å². The molecule has 2 aromatic rings. The van der Waals surface area contributed by atoms with Crippen molar-refractivity contribution in [3.63, 3.8) is 0 Å². The Hall–Kier alpha value is -3.09. The van der Waals surface area contributed by atoms with Crippen LogP contribution >= 0.6 is 0 Å². The third kappa shape index (κ3) is 4.19. The number of amides is 1. The molecule has 2 rings (SSSR count). The zero-order valence-electron chi connectivity index (χ0n) is 12.5. The highest BCUT2D eigenvalue weighted by Gasteiger charge is 2.12. The topological polar surface area (TPSA) is 102 Å². The van der Waals surface area contributed by atoms with Gasteiger partial charge in [0, 0.05) is 18.7 Å². The Kier molecular flexibility index (Phi) is 5.14. The van der Waals surface area contributed by atoms with Gasteiger partial charge in [0.15, 0.2) is 0 Å². The fourth-order valence-electron chi connectivity index (χ4n) is 2.02. The van der Waals surface area contributed by atoms with Crippen LogP contribution in [0.2, 0.25) is 0 Å². The van der Waals surface area contributed by atoms with E-state index in [1.54, 1.807) is 18.2 Å². The maximum atomic E-state index is 12.1. The molecule has 0 radical (unpaired) electrons. The molecule has 1 amide bonds. The van der Waals surface area contributed by atoms with Crippen molar-refractivity contribution < 1.29 is 19.6 Å². The molecular formula is C16H16N2O5.